The predicted octanol–water partition coefficient (Wildman–Crippen LogP) is 1.74. The first-order valence-electron chi connectivity index (χ1n) is 8.00. The van der Waals surface area contributed by atoms with E-state index in [2.05, 4.69) is 15.5 Å². The van der Waals surface area contributed by atoms with Crippen LogP contribution in [0.4, 0.5) is 10.5 Å². The van der Waals surface area contributed by atoms with Crippen molar-refractivity contribution in [1.82, 2.24) is 14.8 Å². The van der Waals surface area contributed by atoms with E-state index in [4.69, 9.17) is 4.42 Å². The Balaban J connectivity index is 1.53. The molecule has 1 aromatic carbocycles. The molecule has 0 radical (unpaired) electrons. The van der Waals surface area contributed by atoms with Gasteiger partial charge in [0.05, 0.1) is 5.52 Å². The Morgan fingerprint density at radius 1 is 1.26 bits per heavy atom. The molecule has 2 heterocycles. The molecule has 0 saturated carbocycles. The number of amides is 2. The number of hydrogen-bond donors (Lipinski definition) is 2. The third-order valence-corrected chi connectivity index (χ3v) is 4.21. The summed E-state index contributed by atoms with van der Waals surface area (Å²) >= 11 is 0. The minimum atomic E-state index is -0.414. The second kappa shape index (κ2) is 6.87. The number of fused-ring (bicyclic) bond motifs is 1. The van der Waals surface area contributed by atoms with Crippen LogP contribution in [0.15, 0.2) is 27.4 Å². The van der Waals surface area contributed by atoms with Crippen molar-refractivity contribution in [2.24, 2.45) is 7.05 Å². The highest BCUT2D eigenvalue weighted by Crippen LogP contribution is 2.17. The van der Waals surface area contributed by atoms with Gasteiger partial charge in [-0.3, -0.25) is 4.57 Å². The fourth-order valence-electron chi connectivity index (χ4n) is 2.89. The van der Waals surface area contributed by atoms with Gasteiger partial charge in [0.2, 0.25) is 0 Å². The molecule has 1 aromatic heterocycles. The standard InChI is InChI=1S/C16H22N4O3/c1-19-13-11-12(5-6-14(13)23-16(19)22)18-15(21)17-7-10-20-8-3-2-4-9-20/h5-6,11H,2-4,7-10H2,1H3,(H2,17,18,21). The fraction of sp³-hybridized carbons (Fsp3) is 0.500. The van der Waals surface area contributed by atoms with Crippen molar-refractivity contribution in [3.8, 4) is 0 Å². The van der Waals surface area contributed by atoms with Gasteiger partial charge in [-0.15, -0.1) is 0 Å². The van der Waals surface area contributed by atoms with Crippen LogP contribution in [-0.4, -0.2) is 41.7 Å². The number of carbonyl (C=O) groups is 1. The molecule has 0 atom stereocenters. The van der Waals surface area contributed by atoms with Crippen LogP contribution >= 0.6 is 0 Å². The van der Waals surface area contributed by atoms with E-state index >= 15 is 0 Å². The number of urea groups is 1. The lowest BCUT2D eigenvalue weighted by molar-refractivity contribution is 0.224. The average molecular weight is 318 g/mol. The summed E-state index contributed by atoms with van der Waals surface area (Å²) in [6.07, 6.45) is 3.80. The van der Waals surface area contributed by atoms with Gasteiger partial charge in [0.15, 0.2) is 5.58 Å². The molecular formula is C16H22N4O3. The molecule has 2 N–H and O–H groups in total. The Kier molecular flexibility index (Phi) is 4.66. The van der Waals surface area contributed by atoms with Crippen LogP contribution in [0.3, 0.4) is 0 Å². The van der Waals surface area contributed by atoms with Crippen molar-refractivity contribution in [2.75, 3.05) is 31.5 Å². The summed E-state index contributed by atoms with van der Waals surface area (Å²) in [5.74, 6) is -0.414. The average Bonchev–Trinajstić information content (AvgIpc) is 2.83. The zero-order valence-electron chi connectivity index (χ0n) is 13.3. The molecule has 23 heavy (non-hydrogen) atoms. The van der Waals surface area contributed by atoms with Crippen molar-refractivity contribution >= 4 is 22.8 Å². The van der Waals surface area contributed by atoms with E-state index < -0.39 is 5.76 Å². The van der Waals surface area contributed by atoms with Gasteiger partial charge >= 0.3 is 11.8 Å². The van der Waals surface area contributed by atoms with Crippen LogP contribution in [0.1, 0.15) is 19.3 Å². The lowest BCUT2D eigenvalue weighted by Gasteiger charge is -2.26. The van der Waals surface area contributed by atoms with Gasteiger partial charge < -0.3 is 20.0 Å². The number of likely N-dealkylation sites (tertiary alicyclic amines) is 1. The van der Waals surface area contributed by atoms with Crippen molar-refractivity contribution in [3.63, 3.8) is 0 Å². The highest BCUT2D eigenvalue weighted by molar-refractivity contribution is 5.91. The normalized spacial score (nSPS) is 15.7. The molecule has 0 aliphatic carbocycles. The number of aromatic nitrogens is 1. The number of hydrogen-bond acceptors (Lipinski definition) is 4. The molecule has 1 fully saturated rings. The van der Waals surface area contributed by atoms with Crippen molar-refractivity contribution in [1.29, 1.82) is 0 Å². The maximum absolute atomic E-state index is 11.9. The maximum Gasteiger partial charge on any atom is 0.419 e. The summed E-state index contributed by atoms with van der Waals surface area (Å²) in [6.45, 7) is 3.74. The zero-order valence-corrected chi connectivity index (χ0v) is 13.3. The quantitative estimate of drug-likeness (QED) is 0.900. The zero-order chi connectivity index (χ0) is 16.2. The number of anilines is 1. The van der Waals surface area contributed by atoms with Crippen LogP contribution in [0.2, 0.25) is 0 Å². The van der Waals surface area contributed by atoms with Crippen LogP contribution < -0.4 is 16.4 Å². The Bertz CT molecular complexity index is 743. The lowest BCUT2D eigenvalue weighted by Crippen LogP contribution is -2.39. The van der Waals surface area contributed by atoms with Gasteiger partial charge in [-0.25, -0.2) is 9.59 Å². The van der Waals surface area contributed by atoms with E-state index in [9.17, 15) is 9.59 Å². The molecule has 7 heteroatoms. The van der Waals surface area contributed by atoms with E-state index in [1.165, 1.54) is 23.8 Å². The van der Waals surface area contributed by atoms with E-state index in [1.54, 1.807) is 25.2 Å². The number of rotatable bonds is 4. The molecule has 2 aromatic rings. The molecule has 0 spiro atoms. The number of aryl methyl sites for hydroxylation is 1. The Hall–Kier alpha value is -2.28. The minimum Gasteiger partial charge on any atom is -0.408 e. The van der Waals surface area contributed by atoms with E-state index in [1.807, 2.05) is 0 Å². The van der Waals surface area contributed by atoms with Gasteiger partial charge in [0.25, 0.3) is 0 Å². The lowest BCUT2D eigenvalue weighted by atomic mass is 10.1. The molecule has 1 aliphatic heterocycles. The first-order valence-corrected chi connectivity index (χ1v) is 8.00. The van der Waals surface area contributed by atoms with Crippen molar-refractivity contribution in [3.05, 3.63) is 28.7 Å². The first-order chi connectivity index (χ1) is 11.1. The second-order valence-corrected chi connectivity index (χ2v) is 5.89. The van der Waals surface area contributed by atoms with Crippen LogP contribution in [0.25, 0.3) is 11.1 Å². The topological polar surface area (TPSA) is 79.5 Å². The number of piperidine rings is 1. The molecule has 0 bridgehead atoms. The summed E-state index contributed by atoms with van der Waals surface area (Å²) < 4.78 is 6.48. The summed E-state index contributed by atoms with van der Waals surface area (Å²) in [6, 6.07) is 4.88. The van der Waals surface area contributed by atoms with Gasteiger partial charge in [-0.1, -0.05) is 6.42 Å². The van der Waals surface area contributed by atoms with E-state index in [-0.39, 0.29) is 6.03 Å². The molecular weight excluding hydrogens is 296 g/mol. The molecule has 1 saturated heterocycles. The highest BCUT2D eigenvalue weighted by atomic mass is 16.4. The Labute approximate surface area is 134 Å². The molecule has 7 nitrogen and oxygen atoms in total. The monoisotopic (exact) mass is 318 g/mol. The highest BCUT2D eigenvalue weighted by Gasteiger charge is 2.11. The molecule has 2 amide bonds. The summed E-state index contributed by atoms with van der Waals surface area (Å²) in [5.41, 5.74) is 1.79. The van der Waals surface area contributed by atoms with Gasteiger partial charge in [0, 0.05) is 25.8 Å². The maximum atomic E-state index is 11.9. The number of benzene rings is 1. The molecule has 1 aliphatic rings. The third-order valence-electron chi connectivity index (χ3n) is 4.21. The third kappa shape index (κ3) is 3.73. The van der Waals surface area contributed by atoms with Crippen molar-refractivity contribution < 1.29 is 9.21 Å². The summed E-state index contributed by atoms with van der Waals surface area (Å²) in [4.78, 5) is 25.8. The molecule has 124 valence electrons. The number of oxazole rings is 1. The molecule has 3 rings (SSSR count). The SMILES string of the molecule is Cn1c(=O)oc2ccc(NC(=O)NCCN3CCCCC3)cc21. The van der Waals surface area contributed by atoms with Gasteiger partial charge in [-0.2, -0.15) is 0 Å². The Morgan fingerprint density at radius 3 is 2.83 bits per heavy atom. The largest absolute Gasteiger partial charge is 0.419 e. The van der Waals surface area contributed by atoms with Crippen molar-refractivity contribution in [2.45, 2.75) is 19.3 Å². The summed E-state index contributed by atoms with van der Waals surface area (Å²) in [5, 5.41) is 5.65. The summed E-state index contributed by atoms with van der Waals surface area (Å²) in [7, 11) is 1.64. The fourth-order valence-corrected chi connectivity index (χ4v) is 2.89. The number of carbonyl (C=O) groups excluding carboxylic acids is 1. The minimum absolute atomic E-state index is 0.241. The van der Waals surface area contributed by atoms with Crippen LogP contribution in [0.5, 0.6) is 0 Å². The molecule has 0 unspecified atom stereocenters. The first kappa shape index (κ1) is 15.6. The number of nitrogens with one attached hydrogen (secondary N) is 2. The van der Waals surface area contributed by atoms with E-state index in [0.29, 0.717) is 23.3 Å². The predicted molar refractivity (Wildman–Crippen MR) is 88.8 cm³/mol. The Morgan fingerprint density at radius 2 is 2.04 bits per heavy atom. The second-order valence-electron chi connectivity index (χ2n) is 5.89. The van der Waals surface area contributed by atoms with E-state index in [0.717, 1.165) is 19.6 Å². The van der Waals surface area contributed by atoms with Crippen LogP contribution in [0, 0.1) is 0 Å². The smallest absolute Gasteiger partial charge is 0.408 e. The number of nitrogens with zero attached hydrogens (tertiary/aromatic N) is 2. The van der Waals surface area contributed by atoms with Gasteiger partial charge in [0.1, 0.15) is 0 Å². The van der Waals surface area contributed by atoms with Crippen LogP contribution in [-0.2, 0) is 7.05 Å². The van der Waals surface area contributed by atoms with Gasteiger partial charge in [-0.05, 0) is 44.1 Å².